The number of benzene rings is 2. The van der Waals surface area contributed by atoms with E-state index in [0.29, 0.717) is 32.7 Å². The molecule has 2 N–H and O–H groups in total. The van der Waals surface area contributed by atoms with Crippen LogP contribution in [0.1, 0.15) is 23.5 Å². The second kappa shape index (κ2) is 11.2. The van der Waals surface area contributed by atoms with E-state index in [9.17, 15) is 4.79 Å². The Bertz CT molecular complexity index is 1120. The molecule has 2 aromatic heterocycles. The standard InChI is InChI=1S/C25H28N6O2/c1-33-15-13-27-24-22-17-30-31(25(22)29-18-28-24)14-12-26-23(32)16-21(19-8-4-2-5-9-19)20-10-6-3-7-11-20/h2-11,17-18,21H,12-16H2,1H3,(H,26,32)(H,27,28,29). The Labute approximate surface area is 193 Å². The molecule has 4 rings (SSSR count). The first kappa shape index (κ1) is 22.4. The lowest BCUT2D eigenvalue weighted by molar-refractivity contribution is -0.121. The molecule has 0 radical (unpaired) electrons. The van der Waals surface area contributed by atoms with Gasteiger partial charge in [0.05, 0.1) is 24.7 Å². The van der Waals surface area contributed by atoms with Crippen molar-refractivity contribution in [3.8, 4) is 0 Å². The summed E-state index contributed by atoms with van der Waals surface area (Å²) in [6.07, 6.45) is 3.63. The van der Waals surface area contributed by atoms with Crippen LogP contribution in [0.5, 0.6) is 0 Å². The monoisotopic (exact) mass is 444 g/mol. The summed E-state index contributed by atoms with van der Waals surface area (Å²) in [5.74, 6) is 0.730. The van der Waals surface area contributed by atoms with Gasteiger partial charge < -0.3 is 15.4 Å². The maximum absolute atomic E-state index is 12.8. The maximum atomic E-state index is 12.8. The Kier molecular flexibility index (Phi) is 7.60. The number of carbonyl (C=O) groups is 1. The number of amides is 1. The van der Waals surface area contributed by atoms with E-state index in [2.05, 4.69) is 50.0 Å². The van der Waals surface area contributed by atoms with Gasteiger partial charge in [-0.15, -0.1) is 0 Å². The fraction of sp³-hybridized carbons (Fsp3) is 0.280. The zero-order chi connectivity index (χ0) is 22.9. The highest BCUT2D eigenvalue weighted by atomic mass is 16.5. The van der Waals surface area contributed by atoms with Crippen LogP contribution in [0.4, 0.5) is 5.82 Å². The molecule has 2 aromatic carbocycles. The molecule has 0 aliphatic rings. The van der Waals surface area contributed by atoms with Crippen molar-refractivity contribution in [2.45, 2.75) is 18.9 Å². The highest BCUT2D eigenvalue weighted by Crippen LogP contribution is 2.27. The number of nitrogens with one attached hydrogen (secondary N) is 2. The van der Waals surface area contributed by atoms with Crippen molar-refractivity contribution < 1.29 is 9.53 Å². The molecule has 0 unspecified atom stereocenters. The van der Waals surface area contributed by atoms with Crippen LogP contribution in [-0.4, -0.2) is 52.5 Å². The number of anilines is 1. The molecule has 2 heterocycles. The number of aromatic nitrogens is 4. The van der Waals surface area contributed by atoms with Gasteiger partial charge in [-0.3, -0.25) is 4.79 Å². The van der Waals surface area contributed by atoms with Crippen molar-refractivity contribution in [3.05, 3.63) is 84.3 Å². The van der Waals surface area contributed by atoms with Crippen LogP contribution in [0.3, 0.4) is 0 Å². The Hall–Kier alpha value is -3.78. The molecular weight excluding hydrogens is 416 g/mol. The van der Waals surface area contributed by atoms with Crippen LogP contribution in [-0.2, 0) is 16.1 Å². The predicted octanol–water partition coefficient (Wildman–Crippen LogP) is 3.22. The smallest absolute Gasteiger partial charge is 0.221 e. The van der Waals surface area contributed by atoms with Gasteiger partial charge in [0.2, 0.25) is 5.91 Å². The highest BCUT2D eigenvalue weighted by Gasteiger charge is 2.18. The minimum atomic E-state index is 0.000662. The van der Waals surface area contributed by atoms with E-state index in [-0.39, 0.29) is 11.8 Å². The van der Waals surface area contributed by atoms with Gasteiger partial charge in [-0.25, -0.2) is 14.6 Å². The van der Waals surface area contributed by atoms with Gasteiger partial charge in [-0.05, 0) is 11.1 Å². The largest absolute Gasteiger partial charge is 0.383 e. The normalized spacial score (nSPS) is 11.1. The van der Waals surface area contributed by atoms with Crippen LogP contribution in [0.15, 0.2) is 73.2 Å². The van der Waals surface area contributed by atoms with Crippen molar-refractivity contribution in [1.29, 1.82) is 0 Å². The number of nitrogens with zero attached hydrogens (tertiary/aromatic N) is 4. The Balaban J connectivity index is 1.38. The highest BCUT2D eigenvalue weighted by molar-refractivity contribution is 5.86. The van der Waals surface area contributed by atoms with Gasteiger partial charge in [-0.2, -0.15) is 5.10 Å². The van der Waals surface area contributed by atoms with Crippen molar-refractivity contribution in [3.63, 3.8) is 0 Å². The van der Waals surface area contributed by atoms with E-state index in [1.54, 1.807) is 18.0 Å². The molecular formula is C25H28N6O2. The molecule has 0 atom stereocenters. The van der Waals surface area contributed by atoms with Crippen molar-refractivity contribution in [2.24, 2.45) is 0 Å². The Morgan fingerprint density at radius 1 is 1.00 bits per heavy atom. The van der Waals surface area contributed by atoms with E-state index in [0.717, 1.165) is 28.0 Å². The third-order valence-electron chi connectivity index (χ3n) is 5.47. The van der Waals surface area contributed by atoms with Crippen molar-refractivity contribution in [1.82, 2.24) is 25.1 Å². The summed E-state index contributed by atoms with van der Waals surface area (Å²) in [7, 11) is 1.66. The summed E-state index contributed by atoms with van der Waals surface area (Å²) in [6, 6.07) is 20.3. The molecule has 8 nitrogen and oxygen atoms in total. The molecule has 33 heavy (non-hydrogen) atoms. The third kappa shape index (κ3) is 5.72. The fourth-order valence-corrected chi connectivity index (χ4v) is 3.83. The van der Waals surface area contributed by atoms with E-state index >= 15 is 0 Å². The Morgan fingerprint density at radius 3 is 2.36 bits per heavy atom. The molecule has 0 bridgehead atoms. The second-order valence-corrected chi connectivity index (χ2v) is 7.67. The van der Waals surface area contributed by atoms with Crippen molar-refractivity contribution in [2.75, 3.05) is 32.1 Å². The topological polar surface area (TPSA) is 94.0 Å². The SMILES string of the molecule is COCCNc1ncnc2c1cnn2CCNC(=O)CC(c1ccccc1)c1ccccc1. The van der Waals surface area contributed by atoms with Gasteiger partial charge in [0, 0.05) is 32.5 Å². The third-order valence-corrected chi connectivity index (χ3v) is 5.47. The van der Waals surface area contributed by atoms with Crippen LogP contribution in [0, 0.1) is 0 Å². The molecule has 0 aliphatic heterocycles. The summed E-state index contributed by atoms with van der Waals surface area (Å²) in [5.41, 5.74) is 2.98. The lowest BCUT2D eigenvalue weighted by Crippen LogP contribution is -2.29. The van der Waals surface area contributed by atoms with Gasteiger partial charge in [0.1, 0.15) is 12.1 Å². The average Bonchev–Trinajstić information content (AvgIpc) is 3.28. The first-order chi connectivity index (χ1) is 16.3. The molecule has 0 spiro atoms. The average molecular weight is 445 g/mol. The van der Waals surface area contributed by atoms with Crippen LogP contribution < -0.4 is 10.6 Å². The number of carbonyl (C=O) groups excluding carboxylic acids is 1. The number of hydrogen-bond donors (Lipinski definition) is 2. The van der Waals surface area contributed by atoms with Crippen molar-refractivity contribution >= 4 is 22.8 Å². The summed E-state index contributed by atoms with van der Waals surface area (Å²) in [5, 5.41) is 11.5. The zero-order valence-electron chi connectivity index (χ0n) is 18.6. The quantitative estimate of drug-likeness (QED) is 0.345. The molecule has 8 heteroatoms. The van der Waals surface area contributed by atoms with E-state index in [4.69, 9.17) is 4.74 Å². The van der Waals surface area contributed by atoms with Gasteiger partial charge in [0.25, 0.3) is 0 Å². The summed E-state index contributed by atoms with van der Waals surface area (Å²) >= 11 is 0. The maximum Gasteiger partial charge on any atom is 0.221 e. The van der Waals surface area contributed by atoms with Crippen LogP contribution >= 0.6 is 0 Å². The minimum absolute atomic E-state index is 0.000662. The van der Waals surface area contributed by atoms with E-state index in [1.165, 1.54) is 6.33 Å². The minimum Gasteiger partial charge on any atom is -0.383 e. The van der Waals surface area contributed by atoms with E-state index in [1.807, 2.05) is 36.4 Å². The summed E-state index contributed by atoms with van der Waals surface area (Å²) in [6.45, 7) is 2.21. The van der Waals surface area contributed by atoms with Crippen LogP contribution in [0.25, 0.3) is 11.0 Å². The van der Waals surface area contributed by atoms with Gasteiger partial charge in [-0.1, -0.05) is 60.7 Å². The molecule has 0 fully saturated rings. The first-order valence-electron chi connectivity index (χ1n) is 11.0. The molecule has 0 saturated heterocycles. The van der Waals surface area contributed by atoms with E-state index < -0.39 is 0 Å². The molecule has 4 aromatic rings. The first-order valence-corrected chi connectivity index (χ1v) is 11.0. The number of hydrogen-bond acceptors (Lipinski definition) is 6. The van der Waals surface area contributed by atoms with Crippen LogP contribution in [0.2, 0.25) is 0 Å². The molecule has 170 valence electrons. The van der Waals surface area contributed by atoms with Gasteiger partial charge in [0.15, 0.2) is 5.65 Å². The van der Waals surface area contributed by atoms with Gasteiger partial charge >= 0.3 is 0 Å². The lowest BCUT2D eigenvalue weighted by atomic mass is 9.88. The summed E-state index contributed by atoms with van der Waals surface area (Å²) < 4.78 is 6.86. The number of methoxy groups -OCH3 is 1. The zero-order valence-corrected chi connectivity index (χ0v) is 18.6. The molecule has 1 amide bonds. The molecule has 0 saturated carbocycles. The fourth-order valence-electron chi connectivity index (χ4n) is 3.83. The number of rotatable bonds is 11. The summed E-state index contributed by atoms with van der Waals surface area (Å²) in [4.78, 5) is 21.5. The number of fused-ring (bicyclic) bond motifs is 1. The second-order valence-electron chi connectivity index (χ2n) is 7.67. The number of ether oxygens (including phenoxy) is 1. The Morgan fingerprint density at radius 2 is 1.70 bits per heavy atom. The molecule has 0 aliphatic carbocycles. The lowest BCUT2D eigenvalue weighted by Gasteiger charge is -2.18. The predicted molar refractivity (Wildman–Crippen MR) is 128 cm³/mol.